The zero-order chi connectivity index (χ0) is 31.1. The number of para-hydroxylation sites is 1. The van der Waals surface area contributed by atoms with Gasteiger partial charge in [0.05, 0.1) is 24.5 Å². The summed E-state index contributed by atoms with van der Waals surface area (Å²) in [5.74, 6) is -0.876. The number of nitriles is 1. The van der Waals surface area contributed by atoms with Crippen LogP contribution in [-0.4, -0.2) is 33.1 Å². The number of hydrogen-bond acceptors (Lipinski definition) is 5. The van der Waals surface area contributed by atoms with Gasteiger partial charge < -0.3 is 4.74 Å². The predicted octanol–water partition coefficient (Wildman–Crippen LogP) is 7.43. The number of imide groups is 1. The van der Waals surface area contributed by atoms with Crippen LogP contribution in [0.5, 0.6) is 5.75 Å². The molecule has 222 valence electrons. The number of unbranched alkanes of at least 4 members (excludes halogenated alkanes) is 3. The molecule has 0 spiro atoms. The highest BCUT2D eigenvalue weighted by Gasteiger charge is 2.35. The lowest BCUT2D eigenvalue weighted by atomic mass is 9.93. The summed E-state index contributed by atoms with van der Waals surface area (Å²) < 4.78 is 21.1. The van der Waals surface area contributed by atoms with Crippen LogP contribution >= 0.6 is 0 Å². The molecule has 8 heteroatoms. The number of benzene rings is 3. The molecule has 0 atom stereocenters. The molecule has 1 aromatic heterocycles. The van der Waals surface area contributed by atoms with E-state index in [2.05, 4.69) is 6.92 Å². The van der Waals surface area contributed by atoms with Crippen molar-refractivity contribution >= 4 is 17.9 Å². The maximum Gasteiger partial charge on any atom is 0.271 e. The molecule has 1 aliphatic rings. The van der Waals surface area contributed by atoms with Gasteiger partial charge in [-0.2, -0.15) is 10.4 Å². The zero-order valence-electron chi connectivity index (χ0n) is 24.8. The highest BCUT2D eigenvalue weighted by molar-refractivity contribution is 6.19. The summed E-state index contributed by atoms with van der Waals surface area (Å²) in [5.41, 5.74) is 3.86. The molecule has 0 aliphatic carbocycles. The van der Waals surface area contributed by atoms with Crippen molar-refractivity contribution in [2.75, 3.05) is 6.61 Å². The fourth-order valence-electron chi connectivity index (χ4n) is 5.06. The molecule has 44 heavy (non-hydrogen) atoms. The van der Waals surface area contributed by atoms with Gasteiger partial charge in [0.1, 0.15) is 23.2 Å². The van der Waals surface area contributed by atoms with Crippen LogP contribution in [0.15, 0.2) is 102 Å². The van der Waals surface area contributed by atoms with Crippen molar-refractivity contribution in [3.05, 3.63) is 119 Å². The van der Waals surface area contributed by atoms with Gasteiger partial charge in [-0.3, -0.25) is 14.5 Å². The van der Waals surface area contributed by atoms with Crippen molar-refractivity contribution in [3.8, 4) is 28.8 Å². The van der Waals surface area contributed by atoms with Crippen molar-refractivity contribution in [2.24, 2.45) is 0 Å². The number of halogens is 1. The van der Waals surface area contributed by atoms with Crippen LogP contribution in [0.4, 0.5) is 4.39 Å². The molecule has 1 aliphatic heterocycles. The standard InChI is InChI=1S/C36H33FN4O3/c1-3-4-5-9-20-44-31-18-14-27(15-19-31)34-28(24-41(39-34)30-10-7-6-8-11-30)21-32-25(2)33(22-38)36(43)40(35(32)42)23-26-12-16-29(37)17-13-26/h6-8,10-19,21,24H,3-5,9,20,23H2,1-2H3/b32-21+. The lowest BCUT2D eigenvalue weighted by molar-refractivity contribution is -0.141. The Morgan fingerprint density at radius 1 is 0.932 bits per heavy atom. The van der Waals surface area contributed by atoms with E-state index in [0.29, 0.717) is 29.0 Å². The van der Waals surface area contributed by atoms with Gasteiger partial charge in [0, 0.05) is 22.9 Å². The summed E-state index contributed by atoms with van der Waals surface area (Å²) in [6.45, 7) is 4.34. The Kier molecular flexibility index (Phi) is 9.46. The lowest BCUT2D eigenvalue weighted by Gasteiger charge is -2.27. The molecule has 4 aromatic rings. The van der Waals surface area contributed by atoms with Gasteiger partial charge in [0.2, 0.25) is 0 Å². The van der Waals surface area contributed by atoms with E-state index < -0.39 is 17.6 Å². The van der Waals surface area contributed by atoms with Gasteiger partial charge in [-0.15, -0.1) is 0 Å². The quantitative estimate of drug-likeness (QED) is 0.103. The Labute approximate surface area is 256 Å². The molecule has 5 rings (SSSR count). The van der Waals surface area contributed by atoms with Crippen LogP contribution in [0.2, 0.25) is 0 Å². The van der Waals surface area contributed by atoms with E-state index in [4.69, 9.17) is 9.84 Å². The Morgan fingerprint density at radius 3 is 2.34 bits per heavy atom. The second-order valence-corrected chi connectivity index (χ2v) is 10.6. The summed E-state index contributed by atoms with van der Waals surface area (Å²) >= 11 is 0. The minimum absolute atomic E-state index is 0.0935. The number of ether oxygens (including phenoxy) is 1. The first-order valence-electron chi connectivity index (χ1n) is 14.7. The van der Waals surface area contributed by atoms with E-state index in [1.807, 2.05) is 66.9 Å². The second-order valence-electron chi connectivity index (χ2n) is 10.6. The van der Waals surface area contributed by atoms with E-state index in [1.54, 1.807) is 17.7 Å². The van der Waals surface area contributed by atoms with Gasteiger partial charge in [-0.1, -0.05) is 56.5 Å². The Morgan fingerprint density at radius 2 is 1.66 bits per heavy atom. The normalized spacial score (nSPS) is 14.3. The van der Waals surface area contributed by atoms with Gasteiger partial charge in [-0.05, 0) is 79.1 Å². The Balaban J connectivity index is 1.53. The molecule has 0 saturated carbocycles. The molecule has 0 unspecified atom stereocenters. The van der Waals surface area contributed by atoms with E-state index in [-0.39, 0.29) is 17.7 Å². The molecule has 0 fully saturated rings. The van der Waals surface area contributed by atoms with Gasteiger partial charge in [0.15, 0.2) is 0 Å². The van der Waals surface area contributed by atoms with E-state index in [9.17, 15) is 19.2 Å². The summed E-state index contributed by atoms with van der Waals surface area (Å²) in [6.07, 6.45) is 8.00. The smallest absolute Gasteiger partial charge is 0.271 e. The highest BCUT2D eigenvalue weighted by Crippen LogP contribution is 2.32. The lowest BCUT2D eigenvalue weighted by Crippen LogP contribution is -2.42. The molecule has 0 bridgehead atoms. The third-order valence-corrected chi connectivity index (χ3v) is 7.54. The molecule has 3 aromatic carbocycles. The third-order valence-electron chi connectivity index (χ3n) is 7.54. The minimum atomic E-state index is -0.679. The summed E-state index contributed by atoms with van der Waals surface area (Å²) in [5, 5.41) is 14.7. The molecule has 7 nitrogen and oxygen atoms in total. The van der Waals surface area contributed by atoms with Crippen molar-refractivity contribution in [1.82, 2.24) is 14.7 Å². The van der Waals surface area contributed by atoms with Gasteiger partial charge >= 0.3 is 0 Å². The number of rotatable bonds is 11. The second kappa shape index (κ2) is 13.8. The monoisotopic (exact) mass is 588 g/mol. The number of aromatic nitrogens is 2. The van der Waals surface area contributed by atoms with Crippen LogP contribution < -0.4 is 4.74 Å². The van der Waals surface area contributed by atoms with Gasteiger partial charge in [-0.25, -0.2) is 9.07 Å². The van der Waals surface area contributed by atoms with E-state index in [0.717, 1.165) is 34.7 Å². The topological polar surface area (TPSA) is 88.2 Å². The first-order valence-corrected chi connectivity index (χ1v) is 14.7. The summed E-state index contributed by atoms with van der Waals surface area (Å²) in [7, 11) is 0. The minimum Gasteiger partial charge on any atom is -0.494 e. The predicted molar refractivity (Wildman–Crippen MR) is 167 cm³/mol. The van der Waals surface area contributed by atoms with Crippen LogP contribution in [-0.2, 0) is 16.1 Å². The fourth-order valence-corrected chi connectivity index (χ4v) is 5.06. The van der Waals surface area contributed by atoms with Crippen LogP contribution in [0.3, 0.4) is 0 Å². The molecule has 0 saturated heterocycles. The SMILES string of the molecule is CCCCCCOc1ccc(-c2nn(-c3ccccc3)cc2/C=C2/C(=O)N(Cc3ccc(F)cc3)C(=O)C(C#N)=C2C)cc1. The largest absolute Gasteiger partial charge is 0.494 e. The highest BCUT2D eigenvalue weighted by atomic mass is 19.1. The fraction of sp³-hybridized carbons (Fsp3) is 0.222. The number of carbonyl (C=O) groups is 2. The maximum atomic E-state index is 13.8. The molecule has 2 amide bonds. The van der Waals surface area contributed by atoms with Crippen LogP contribution in [0.1, 0.15) is 50.7 Å². The first kappa shape index (κ1) is 30.2. The Hall–Kier alpha value is -5.29. The number of amides is 2. The van der Waals surface area contributed by atoms with Crippen molar-refractivity contribution < 1.29 is 18.7 Å². The summed E-state index contributed by atoms with van der Waals surface area (Å²) in [4.78, 5) is 28.0. The van der Waals surface area contributed by atoms with E-state index >= 15 is 0 Å². The number of nitrogens with zero attached hydrogens (tertiary/aromatic N) is 4. The molecule has 0 N–H and O–H groups in total. The van der Waals surface area contributed by atoms with Crippen LogP contribution in [0, 0.1) is 17.1 Å². The molecular weight excluding hydrogens is 555 g/mol. The summed E-state index contributed by atoms with van der Waals surface area (Å²) in [6, 6.07) is 24.8. The average Bonchev–Trinajstić information content (AvgIpc) is 3.47. The van der Waals surface area contributed by atoms with Gasteiger partial charge in [0.25, 0.3) is 11.8 Å². The molecule has 2 heterocycles. The molecular formula is C36H33FN4O3. The third kappa shape index (κ3) is 6.68. The number of hydrogen-bond donors (Lipinski definition) is 0. The number of carbonyl (C=O) groups excluding carboxylic acids is 2. The maximum absolute atomic E-state index is 13.8. The van der Waals surface area contributed by atoms with Crippen molar-refractivity contribution in [3.63, 3.8) is 0 Å². The van der Waals surface area contributed by atoms with Crippen molar-refractivity contribution in [1.29, 1.82) is 5.26 Å². The van der Waals surface area contributed by atoms with Crippen molar-refractivity contribution in [2.45, 2.75) is 46.1 Å². The average molecular weight is 589 g/mol. The first-order chi connectivity index (χ1) is 21.4. The Bertz CT molecular complexity index is 1750. The zero-order valence-corrected chi connectivity index (χ0v) is 24.8. The van der Waals surface area contributed by atoms with E-state index in [1.165, 1.54) is 37.1 Å². The van der Waals surface area contributed by atoms with Crippen LogP contribution in [0.25, 0.3) is 23.0 Å². The molecule has 0 radical (unpaired) electrons.